The molecule has 0 unspecified atom stereocenters. The molecule has 0 fully saturated rings. The Morgan fingerprint density at radius 3 is 2.53 bits per heavy atom. The zero-order valence-corrected chi connectivity index (χ0v) is 9.94. The molecule has 1 aromatic carbocycles. The number of ether oxygens (including phenoxy) is 2. The predicted molar refractivity (Wildman–Crippen MR) is 66.7 cm³/mol. The molecule has 2 rings (SSSR count). The van der Waals surface area contributed by atoms with Gasteiger partial charge in [0.15, 0.2) is 11.5 Å². The molecule has 0 saturated heterocycles. The van der Waals surface area contributed by atoms with Crippen LogP contribution in [0.5, 0.6) is 17.4 Å². The summed E-state index contributed by atoms with van der Waals surface area (Å²) in [7, 11) is 1.57. The Kier molecular flexibility index (Phi) is 3.35. The number of rotatable bonds is 3. The van der Waals surface area contributed by atoms with E-state index in [1.165, 1.54) is 0 Å². The van der Waals surface area contributed by atoms with Crippen LogP contribution < -0.4 is 15.2 Å². The molecule has 0 spiro atoms. The summed E-state index contributed by atoms with van der Waals surface area (Å²) in [6.45, 7) is 0. The van der Waals surface area contributed by atoms with E-state index < -0.39 is 0 Å². The SMILES string of the molecule is COc1ccccc1Oc1cc(N)cc(Cl)n1. The summed E-state index contributed by atoms with van der Waals surface area (Å²) < 4.78 is 10.7. The van der Waals surface area contributed by atoms with Crippen LogP contribution in [-0.4, -0.2) is 12.1 Å². The summed E-state index contributed by atoms with van der Waals surface area (Å²) in [5.41, 5.74) is 6.14. The Morgan fingerprint density at radius 1 is 1.18 bits per heavy atom. The highest BCUT2D eigenvalue weighted by atomic mass is 35.5. The Balaban J connectivity index is 2.31. The van der Waals surface area contributed by atoms with Gasteiger partial charge in [0, 0.05) is 11.8 Å². The van der Waals surface area contributed by atoms with Gasteiger partial charge < -0.3 is 15.2 Å². The van der Waals surface area contributed by atoms with E-state index in [1.54, 1.807) is 31.4 Å². The molecule has 0 aliphatic carbocycles. The largest absolute Gasteiger partial charge is 0.493 e. The Morgan fingerprint density at radius 2 is 1.88 bits per heavy atom. The van der Waals surface area contributed by atoms with Gasteiger partial charge in [0.2, 0.25) is 5.88 Å². The fourth-order valence-corrected chi connectivity index (χ4v) is 1.57. The van der Waals surface area contributed by atoms with Gasteiger partial charge in [-0.05, 0) is 18.2 Å². The van der Waals surface area contributed by atoms with Gasteiger partial charge in [-0.15, -0.1) is 0 Å². The fourth-order valence-electron chi connectivity index (χ4n) is 1.36. The lowest BCUT2D eigenvalue weighted by molar-refractivity contribution is 0.374. The molecule has 88 valence electrons. The van der Waals surface area contributed by atoms with Gasteiger partial charge in [-0.25, -0.2) is 4.98 Å². The van der Waals surface area contributed by atoms with E-state index in [4.69, 9.17) is 26.8 Å². The number of methoxy groups -OCH3 is 1. The van der Waals surface area contributed by atoms with Crippen LogP contribution in [0, 0.1) is 0 Å². The lowest BCUT2D eigenvalue weighted by atomic mass is 10.3. The number of nitrogen functional groups attached to an aromatic ring is 1. The Bertz CT molecular complexity index is 511. The number of pyridine rings is 1. The number of para-hydroxylation sites is 2. The monoisotopic (exact) mass is 250 g/mol. The number of hydrogen-bond donors (Lipinski definition) is 1. The topological polar surface area (TPSA) is 57.4 Å². The second kappa shape index (κ2) is 4.93. The summed E-state index contributed by atoms with van der Waals surface area (Å²) in [5.74, 6) is 1.51. The minimum Gasteiger partial charge on any atom is -0.493 e. The van der Waals surface area contributed by atoms with E-state index in [0.717, 1.165) is 0 Å². The van der Waals surface area contributed by atoms with E-state index in [0.29, 0.717) is 23.1 Å². The van der Waals surface area contributed by atoms with Crippen molar-refractivity contribution in [3.05, 3.63) is 41.6 Å². The quantitative estimate of drug-likeness (QED) is 0.851. The number of anilines is 1. The number of nitrogens with zero attached hydrogens (tertiary/aromatic N) is 1. The maximum absolute atomic E-state index is 5.79. The van der Waals surface area contributed by atoms with Crippen molar-refractivity contribution in [3.63, 3.8) is 0 Å². The van der Waals surface area contributed by atoms with E-state index in [1.807, 2.05) is 12.1 Å². The van der Waals surface area contributed by atoms with Crippen LogP contribution in [-0.2, 0) is 0 Å². The molecule has 0 aliphatic rings. The molecule has 0 radical (unpaired) electrons. The van der Waals surface area contributed by atoms with E-state index in [-0.39, 0.29) is 5.15 Å². The highest BCUT2D eigenvalue weighted by molar-refractivity contribution is 6.29. The molecule has 0 bridgehead atoms. The average molecular weight is 251 g/mol. The maximum atomic E-state index is 5.79. The average Bonchev–Trinajstić information content (AvgIpc) is 2.28. The van der Waals surface area contributed by atoms with Crippen molar-refractivity contribution in [2.45, 2.75) is 0 Å². The summed E-state index contributed by atoms with van der Waals surface area (Å²) >= 11 is 5.79. The lowest BCUT2D eigenvalue weighted by Crippen LogP contribution is -1.94. The molecule has 5 heteroatoms. The number of aromatic nitrogens is 1. The molecule has 4 nitrogen and oxygen atoms in total. The minimum absolute atomic E-state index is 0.287. The van der Waals surface area contributed by atoms with Crippen molar-refractivity contribution in [1.82, 2.24) is 4.98 Å². The highest BCUT2D eigenvalue weighted by Crippen LogP contribution is 2.31. The van der Waals surface area contributed by atoms with Crippen LogP contribution in [0.15, 0.2) is 36.4 Å². The van der Waals surface area contributed by atoms with Crippen LogP contribution in [0.4, 0.5) is 5.69 Å². The third-order valence-corrected chi connectivity index (χ3v) is 2.27. The third kappa shape index (κ3) is 2.79. The molecule has 0 saturated carbocycles. The first-order valence-corrected chi connectivity index (χ1v) is 5.31. The molecule has 1 aromatic heterocycles. The third-order valence-electron chi connectivity index (χ3n) is 2.08. The minimum atomic E-state index is 0.287. The van der Waals surface area contributed by atoms with Gasteiger partial charge in [0.1, 0.15) is 5.15 Å². The first-order chi connectivity index (χ1) is 8.19. The first-order valence-electron chi connectivity index (χ1n) is 4.93. The summed E-state index contributed by atoms with van der Waals surface area (Å²) in [6, 6.07) is 10.4. The summed E-state index contributed by atoms with van der Waals surface area (Å²) in [5, 5.41) is 0.287. The van der Waals surface area contributed by atoms with Gasteiger partial charge in [-0.3, -0.25) is 0 Å². The van der Waals surface area contributed by atoms with Gasteiger partial charge >= 0.3 is 0 Å². The Hall–Kier alpha value is -1.94. The van der Waals surface area contributed by atoms with Crippen molar-refractivity contribution in [2.75, 3.05) is 12.8 Å². The van der Waals surface area contributed by atoms with E-state index in [2.05, 4.69) is 4.98 Å². The number of benzene rings is 1. The molecule has 1 heterocycles. The lowest BCUT2D eigenvalue weighted by Gasteiger charge is -2.09. The maximum Gasteiger partial charge on any atom is 0.222 e. The van der Waals surface area contributed by atoms with Gasteiger partial charge in [0.25, 0.3) is 0 Å². The molecule has 2 aromatic rings. The van der Waals surface area contributed by atoms with Crippen LogP contribution in [0.25, 0.3) is 0 Å². The molecule has 0 aliphatic heterocycles. The molecule has 0 atom stereocenters. The van der Waals surface area contributed by atoms with Crippen LogP contribution >= 0.6 is 11.6 Å². The van der Waals surface area contributed by atoms with Gasteiger partial charge in [-0.1, -0.05) is 23.7 Å². The zero-order chi connectivity index (χ0) is 12.3. The highest BCUT2D eigenvalue weighted by Gasteiger charge is 2.06. The van der Waals surface area contributed by atoms with Crippen LogP contribution in [0.2, 0.25) is 5.15 Å². The fraction of sp³-hybridized carbons (Fsp3) is 0.0833. The summed E-state index contributed by atoms with van der Waals surface area (Å²) in [6.07, 6.45) is 0. The second-order valence-electron chi connectivity index (χ2n) is 3.31. The van der Waals surface area contributed by atoms with Crippen LogP contribution in [0.1, 0.15) is 0 Å². The van der Waals surface area contributed by atoms with E-state index in [9.17, 15) is 0 Å². The van der Waals surface area contributed by atoms with Crippen molar-refractivity contribution >= 4 is 17.3 Å². The summed E-state index contributed by atoms with van der Waals surface area (Å²) in [4.78, 5) is 4.01. The standard InChI is InChI=1S/C12H11ClN2O2/c1-16-9-4-2-3-5-10(9)17-12-7-8(14)6-11(13)15-12/h2-7H,1H3,(H2,14,15). The van der Waals surface area contributed by atoms with Crippen molar-refractivity contribution in [1.29, 1.82) is 0 Å². The number of hydrogen-bond acceptors (Lipinski definition) is 4. The predicted octanol–water partition coefficient (Wildman–Crippen LogP) is 3.12. The van der Waals surface area contributed by atoms with Crippen molar-refractivity contribution in [3.8, 4) is 17.4 Å². The van der Waals surface area contributed by atoms with Crippen LogP contribution in [0.3, 0.4) is 0 Å². The smallest absolute Gasteiger partial charge is 0.222 e. The normalized spacial score (nSPS) is 10.0. The van der Waals surface area contributed by atoms with E-state index >= 15 is 0 Å². The Labute approximate surface area is 104 Å². The molecular weight excluding hydrogens is 240 g/mol. The van der Waals surface area contributed by atoms with Crippen molar-refractivity contribution < 1.29 is 9.47 Å². The molecular formula is C12H11ClN2O2. The zero-order valence-electron chi connectivity index (χ0n) is 9.18. The van der Waals surface area contributed by atoms with Gasteiger partial charge in [0.05, 0.1) is 7.11 Å². The van der Waals surface area contributed by atoms with Crippen molar-refractivity contribution in [2.24, 2.45) is 0 Å². The van der Waals surface area contributed by atoms with Gasteiger partial charge in [-0.2, -0.15) is 0 Å². The number of nitrogens with two attached hydrogens (primary N) is 1. The first kappa shape index (κ1) is 11.5. The number of halogens is 1. The molecule has 2 N–H and O–H groups in total. The molecule has 0 amide bonds. The second-order valence-corrected chi connectivity index (χ2v) is 3.70. The molecule has 17 heavy (non-hydrogen) atoms.